The molecular formula is C14H17NO4. The van der Waals surface area contributed by atoms with Gasteiger partial charge in [0.1, 0.15) is 5.75 Å². The summed E-state index contributed by atoms with van der Waals surface area (Å²) in [4.78, 5) is 22.8. The van der Waals surface area contributed by atoms with E-state index in [0.29, 0.717) is 24.9 Å². The molecule has 1 aliphatic rings. The van der Waals surface area contributed by atoms with E-state index in [0.717, 1.165) is 5.56 Å². The van der Waals surface area contributed by atoms with Crippen molar-refractivity contribution in [3.63, 3.8) is 0 Å². The summed E-state index contributed by atoms with van der Waals surface area (Å²) in [7, 11) is 0. The van der Waals surface area contributed by atoms with Gasteiger partial charge in [0.05, 0.1) is 5.92 Å². The number of nitrogens with one attached hydrogen (secondary N) is 1. The maximum Gasteiger partial charge on any atom is 0.306 e. The third kappa shape index (κ3) is 3.05. The van der Waals surface area contributed by atoms with Crippen molar-refractivity contribution in [2.45, 2.75) is 26.2 Å². The number of rotatable bonds is 3. The van der Waals surface area contributed by atoms with E-state index in [1.54, 1.807) is 19.1 Å². The lowest BCUT2D eigenvalue weighted by Crippen LogP contribution is -2.21. The fourth-order valence-corrected chi connectivity index (χ4v) is 2.38. The number of phenols is 1. The van der Waals surface area contributed by atoms with Gasteiger partial charge in [-0.2, -0.15) is 0 Å². The van der Waals surface area contributed by atoms with Gasteiger partial charge in [0.15, 0.2) is 0 Å². The van der Waals surface area contributed by atoms with Crippen LogP contribution in [-0.4, -0.2) is 22.1 Å². The Balaban J connectivity index is 1.98. The number of carbonyl (C=O) groups excluding carboxylic acids is 1. The molecule has 0 aromatic heterocycles. The molecule has 2 rings (SSSR count). The molecule has 0 heterocycles. The van der Waals surface area contributed by atoms with Crippen molar-refractivity contribution in [1.29, 1.82) is 0 Å². The monoisotopic (exact) mass is 263 g/mol. The normalized spacial score (nSPS) is 22.2. The maximum absolute atomic E-state index is 12.0. The molecular weight excluding hydrogens is 246 g/mol. The summed E-state index contributed by atoms with van der Waals surface area (Å²) >= 11 is 0. The molecule has 1 amide bonds. The molecule has 1 aliphatic carbocycles. The van der Waals surface area contributed by atoms with E-state index in [1.165, 1.54) is 6.07 Å². The standard InChI is InChI=1S/C14H17NO4/c1-8-2-5-11(7-12(8)16)15-13(17)9-3-4-10(6-9)14(18)19/h2,5,7,9-10,16H,3-4,6H2,1H3,(H,15,17)(H,18,19)/t9-,10+/m1/s1. The van der Waals surface area contributed by atoms with E-state index in [-0.39, 0.29) is 17.6 Å². The van der Waals surface area contributed by atoms with Gasteiger partial charge in [0.25, 0.3) is 0 Å². The highest BCUT2D eigenvalue weighted by molar-refractivity contribution is 5.93. The number of carboxylic acids is 1. The molecule has 0 radical (unpaired) electrons. The average molecular weight is 263 g/mol. The van der Waals surface area contributed by atoms with E-state index in [4.69, 9.17) is 5.11 Å². The van der Waals surface area contributed by atoms with E-state index >= 15 is 0 Å². The first-order chi connectivity index (χ1) is 8.97. The Labute approximate surface area is 111 Å². The van der Waals surface area contributed by atoms with Gasteiger partial charge in [-0.15, -0.1) is 0 Å². The van der Waals surface area contributed by atoms with Crippen LogP contribution in [0.5, 0.6) is 5.75 Å². The lowest BCUT2D eigenvalue weighted by Gasteiger charge is -2.11. The largest absolute Gasteiger partial charge is 0.508 e. The maximum atomic E-state index is 12.0. The number of amides is 1. The Morgan fingerprint density at radius 1 is 1.26 bits per heavy atom. The quantitative estimate of drug-likeness (QED) is 0.779. The van der Waals surface area contributed by atoms with Gasteiger partial charge in [-0.1, -0.05) is 6.07 Å². The van der Waals surface area contributed by atoms with Gasteiger partial charge in [-0.25, -0.2) is 0 Å². The smallest absolute Gasteiger partial charge is 0.306 e. The number of carboxylic acid groups (broad SMARTS) is 1. The summed E-state index contributed by atoms with van der Waals surface area (Å²) in [5, 5.41) is 21.2. The molecule has 19 heavy (non-hydrogen) atoms. The first-order valence-corrected chi connectivity index (χ1v) is 6.30. The molecule has 5 nitrogen and oxygen atoms in total. The van der Waals surface area contributed by atoms with Crippen molar-refractivity contribution >= 4 is 17.6 Å². The zero-order chi connectivity index (χ0) is 14.0. The molecule has 0 aliphatic heterocycles. The Morgan fingerprint density at radius 3 is 2.53 bits per heavy atom. The zero-order valence-corrected chi connectivity index (χ0v) is 10.7. The predicted molar refractivity (Wildman–Crippen MR) is 69.9 cm³/mol. The summed E-state index contributed by atoms with van der Waals surface area (Å²) in [6, 6.07) is 4.94. The molecule has 0 bridgehead atoms. The van der Waals surface area contributed by atoms with Gasteiger partial charge < -0.3 is 15.5 Å². The van der Waals surface area contributed by atoms with Crippen molar-refractivity contribution in [2.24, 2.45) is 11.8 Å². The fourth-order valence-electron chi connectivity index (χ4n) is 2.38. The third-order valence-electron chi connectivity index (χ3n) is 3.63. The Bertz CT molecular complexity index is 512. The number of aliphatic carboxylic acids is 1. The number of carbonyl (C=O) groups is 2. The SMILES string of the molecule is Cc1ccc(NC(=O)[C@@H]2CC[C@H](C(=O)O)C2)cc1O. The number of aromatic hydroxyl groups is 1. The van der Waals surface area contributed by atoms with Crippen molar-refractivity contribution in [3.05, 3.63) is 23.8 Å². The van der Waals surface area contributed by atoms with Gasteiger partial charge >= 0.3 is 5.97 Å². The number of benzene rings is 1. The molecule has 0 spiro atoms. The van der Waals surface area contributed by atoms with Crippen LogP contribution in [0.4, 0.5) is 5.69 Å². The van der Waals surface area contributed by atoms with E-state index in [1.807, 2.05) is 0 Å². The molecule has 5 heteroatoms. The highest BCUT2D eigenvalue weighted by atomic mass is 16.4. The Hall–Kier alpha value is -2.04. The van der Waals surface area contributed by atoms with Crippen LogP contribution in [0.15, 0.2) is 18.2 Å². The highest BCUT2D eigenvalue weighted by Gasteiger charge is 2.33. The van der Waals surface area contributed by atoms with Crippen LogP contribution in [0.25, 0.3) is 0 Å². The third-order valence-corrected chi connectivity index (χ3v) is 3.63. The van der Waals surface area contributed by atoms with Gasteiger partial charge in [-0.3, -0.25) is 9.59 Å². The summed E-state index contributed by atoms with van der Waals surface area (Å²) < 4.78 is 0. The van der Waals surface area contributed by atoms with E-state index in [2.05, 4.69) is 5.32 Å². The molecule has 2 atom stereocenters. The lowest BCUT2D eigenvalue weighted by molar-refractivity contribution is -0.141. The van der Waals surface area contributed by atoms with Crippen molar-refractivity contribution in [3.8, 4) is 5.75 Å². The highest BCUT2D eigenvalue weighted by Crippen LogP contribution is 2.32. The average Bonchev–Trinajstić information content (AvgIpc) is 2.83. The Morgan fingerprint density at radius 2 is 1.95 bits per heavy atom. The zero-order valence-electron chi connectivity index (χ0n) is 10.7. The molecule has 1 fully saturated rings. The van der Waals surface area contributed by atoms with E-state index < -0.39 is 11.9 Å². The van der Waals surface area contributed by atoms with Crippen LogP contribution in [0.1, 0.15) is 24.8 Å². The topological polar surface area (TPSA) is 86.6 Å². The second-order valence-corrected chi connectivity index (χ2v) is 5.04. The minimum absolute atomic E-state index is 0.132. The molecule has 3 N–H and O–H groups in total. The van der Waals surface area contributed by atoms with Gasteiger partial charge in [-0.05, 0) is 37.8 Å². The first-order valence-electron chi connectivity index (χ1n) is 6.30. The number of anilines is 1. The van der Waals surface area contributed by atoms with Crippen LogP contribution in [0, 0.1) is 18.8 Å². The number of hydrogen-bond acceptors (Lipinski definition) is 3. The van der Waals surface area contributed by atoms with Crippen LogP contribution < -0.4 is 5.32 Å². The minimum atomic E-state index is -0.830. The van der Waals surface area contributed by atoms with Crippen LogP contribution in [-0.2, 0) is 9.59 Å². The number of hydrogen-bond donors (Lipinski definition) is 3. The predicted octanol–water partition coefficient (Wildman–Crippen LogP) is 2.14. The molecule has 0 saturated heterocycles. The molecule has 1 aromatic rings. The van der Waals surface area contributed by atoms with Crippen LogP contribution in [0.3, 0.4) is 0 Å². The Kier molecular flexibility index (Phi) is 3.74. The molecule has 1 saturated carbocycles. The van der Waals surface area contributed by atoms with E-state index in [9.17, 15) is 14.7 Å². The number of aryl methyl sites for hydroxylation is 1. The fraction of sp³-hybridized carbons (Fsp3) is 0.429. The van der Waals surface area contributed by atoms with Crippen molar-refractivity contribution in [2.75, 3.05) is 5.32 Å². The summed E-state index contributed by atoms with van der Waals surface area (Å²) in [6.07, 6.45) is 1.53. The van der Waals surface area contributed by atoms with Crippen LogP contribution in [0.2, 0.25) is 0 Å². The van der Waals surface area contributed by atoms with Crippen molar-refractivity contribution < 1.29 is 19.8 Å². The summed E-state index contributed by atoms with van der Waals surface area (Å²) in [5.74, 6) is -1.55. The first kappa shape index (κ1) is 13.4. The minimum Gasteiger partial charge on any atom is -0.508 e. The molecule has 0 unspecified atom stereocenters. The molecule has 102 valence electrons. The second-order valence-electron chi connectivity index (χ2n) is 5.04. The number of phenolic OH excluding ortho intramolecular Hbond substituents is 1. The van der Waals surface area contributed by atoms with Gasteiger partial charge in [0.2, 0.25) is 5.91 Å². The molecule has 1 aromatic carbocycles. The lowest BCUT2D eigenvalue weighted by atomic mass is 10.0. The second kappa shape index (κ2) is 5.30. The summed E-state index contributed by atoms with van der Waals surface area (Å²) in [5.41, 5.74) is 1.27. The summed E-state index contributed by atoms with van der Waals surface area (Å²) in [6.45, 7) is 1.77. The van der Waals surface area contributed by atoms with Crippen LogP contribution >= 0.6 is 0 Å². The van der Waals surface area contributed by atoms with Crippen molar-refractivity contribution in [1.82, 2.24) is 0 Å². The van der Waals surface area contributed by atoms with Gasteiger partial charge in [0, 0.05) is 17.7 Å².